The molecule has 1 aliphatic rings. The molecule has 1 saturated carbocycles. The lowest BCUT2D eigenvalue weighted by molar-refractivity contribution is 0.0649. The Morgan fingerprint density at radius 3 is 2.88 bits per heavy atom. The monoisotopic (exact) mass is 236 g/mol. The minimum Gasteiger partial charge on any atom is -0.393 e. The molecule has 0 radical (unpaired) electrons. The molecule has 2 rings (SSSR count). The maximum atomic E-state index is 9.85. The summed E-state index contributed by atoms with van der Waals surface area (Å²) in [5.74, 6) is 0.688. The SMILES string of the molecule is CCCC1CCC(O)CC1n1cc(CC)cn1. The number of nitrogens with zero attached hydrogens (tertiary/aromatic N) is 2. The van der Waals surface area contributed by atoms with Crippen LogP contribution in [0.25, 0.3) is 0 Å². The first-order valence-electron chi connectivity index (χ1n) is 6.95. The molecule has 3 heteroatoms. The van der Waals surface area contributed by atoms with E-state index in [0.717, 1.165) is 25.7 Å². The van der Waals surface area contributed by atoms with E-state index in [1.165, 1.54) is 18.4 Å². The van der Waals surface area contributed by atoms with Gasteiger partial charge in [-0.2, -0.15) is 5.10 Å². The second kappa shape index (κ2) is 5.67. The number of aliphatic hydroxyl groups is 1. The molecule has 0 aliphatic heterocycles. The predicted molar refractivity (Wildman–Crippen MR) is 68.9 cm³/mol. The molecule has 0 amide bonds. The number of aryl methyl sites for hydroxylation is 1. The van der Waals surface area contributed by atoms with E-state index in [2.05, 4.69) is 29.8 Å². The average molecular weight is 236 g/mol. The number of aromatic nitrogens is 2. The van der Waals surface area contributed by atoms with Crippen molar-refractivity contribution in [3.8, 4) is 0 Å². The highest BCUT2D eigenvalue weighted by Crippen LogP contribution is 2.36. The van der Waals surface area contributed by atoms with Crippen LogP contribution in [-0.4, -0.2) is 21.0 Å². The normalized spacial score (nSPS) is 29.5. The van der Waals surface area contributed by atoms with E-state index in [1.807, 2.05) is 6.20 Å². The van der Waals surface area contributed by atoms with Gasteiger partial charge in [0.15, 0.2) is 0 Å². The van der Waals surface area contributed by atoms with Gasteiger partial charge in [0, 0.05) is 6.20 Å². The van der Waals surface area contributed by atoms with E-state index in [0.29, 0.717) is 12.0 Å². The van der Waals surface area contributed by atoms with Crippen LogP contribution < -0.4 is 0 Å². The lowest BCUT2D eigenvalue weighted by Gasteiger charge is -2.34. The second-order valence-corrected chi connectivity index (χ2v) is 5.27. The van der Waals surface area contributed by atoms with Crippen molar-refractivity contribution < 1.29 is 5.11 Å². The van der Waals surface area contributed by atoms with Gasteiger partial charge in [-0.15, -0.1) is 0 Å². The summed E-state index contributed by atoms with van der Waals surface area (Å²) in [5.41, 5.74) is 1.29. The van der Waals surface area contributed by atoms with E-state index < -0.39 is 0 Å². The predicted octanol–water partition coefficient (Wildman–Crippen LogP) is 2.95. The van der Waals surface area contributed by atoms with Crippen molar-refractivity contribution in [1.82, 2.24) is 9.78 Å². The smallest absolute Gasteiger partial charge is 0.0572 e. The zero-order valence-electron chi connectivity index (χ0n) is 11.0. The third-order valence-corrected chi connectivity index (χ3v) is 3.99. The second-order valence-electron chi connectivity index (χ2n) is 5.27. The van der Waals surface area contributed by atoms with Crippen LogP contribution in [0.4, 0.5) is 0 Å². The Bertz CT molecular complexity index is 348. The fourth-order valence-corrected chi connectivity index (χ4v) is 2.96. The molecule has 1 aromatic rings. The molecule has 0 saturated heterocycles. The van der Waals surface area contributed by atoms with Crippen molar-refractivity contribution in [2.75, 3.05) is 0 Å². The zero-order valence-corrected chi connectivity index (χ0v) is 11.0. The molecule has 3 nitrogen and oxygen atoms in total. The fourth-order valence-electron chi connectivity index (χ4n) is 2.96. The van der Waals surface area contributed by atoms with Gasteiger partial charge in [-0.3, -0.25) is 4.68 Å². The molecule has 17 heavy (non-hydrogen) atoms. The van der Waals surface area contributed by atoms with Crippen LogP contribution >= 0.6 is 0 Å². The lowest BCUT2D eigenvalue weighted by atomic mass is 9.80. The van der Waals surface area contributed by atoms with Gasteiger partial charge in [-0.25, -0.2) is 0 Å². The Morgan fingerprint density at radius 2 is 2.24 bits per heavy atom. The van der Waals surface area contributed by atoms with E-state index in [-0.39, 0.29) is 6.10 Å². The molecule has 0 spiro atoms. The highest BCUT2D eigenvalue weighted by atomic mass is 16.3. The largest absolute Gasteiger partial charge is 0.393 e. The van der Waals surface area contributed by atoms with Crippen LogP contribution in [0.3, 0.4) is 0 Å². The molecular formula is C14H24N2O. The molecule has 1 aliphatic carbocycles. The van der Waals surface area contributed by atoms with E-state index in [1.54, 1.807) is 0 Å². The summed E-state index contributed by atoms with van der Waals surface area (Å²) in [5, 5.41) is 14.3. The van der Waals surface area contributed by atoms with Gasteiger partial charge in [0.25, 0.3) is 0 Å². The molecule has 3 unspecified atom stereocenters. The van der Waals surface area contributed by atoms with Gasteiger partial charge >= 0.3 is 0 Å². The summed E-state index contributed by atoms with van der Waals surface area (Å²) in [6.45, 7) is 4.39. The molecule has 0 bridgehead atoms. The topological polar surface area (TPSA) is 38.0 Å². The molecule has 1 heterocycles. The van der Waals surface area contributed by atoms with Crippen molar-refractivity contribution >= 4 is 0 Å². The maximum absolute atomic E-state index is 9.85. The van der Waals surface area contributed by atoms with Crippen molar-refractivity contribution in [1.29, 1.82) is 0 Å². The van der Waals surface area contributed by atoms with Crippen molar-refractivity contribution in [3.05, 3.63) is 18.0 Å². The third-order valence-electron chi connectivity index (χ3n) is 3.99. The third kappa shape index (κ3) is 2.89. The number of aliphatic hydroxyl groups excluding tert-OH is 1. The molecule has 1 fully saturated rings. The average Bonchev–Trinajstić information content (AvgIpc) is 2.80. The Labute approximate surface area is 104 Å². The molecule has 1 aromatic heterocycles. The van der Waals surface area contributed by atoms with E-state index in [4.69, 9.17) is 0 Å². The van der Waals surface area contributed by atoms with Crippen LogP contribution in [0.1, 0.15) is 57.6 Å². The molecule has 1 N–H and O–H groups in total. The highest BCUT2D eigenvalue weighted by molar-refractivity contribution is 5.04. The Hall–Kier alpha value is -0.830. The summed E-state index contributed by atoms with van der Waals surface area (Å²) in [6, 6.07) is 0.402. The van der Waals surface area contributed by atoms with Crippen LogP contribution in [-0.2, 0) is 6.42 Å². The molecule has 96 valence electrons. The van der Waals surface area contributed by atoms with E-state index >= 15 is 0 Å². The number of hydrogen-bond acceptors (Lipinski definition) is 2. The summed E-state index contributed by atoms with van der Waals surface area (Å²) in [7, 11) is 0. The number of rotatable bonds is 4. The maximum Gasteiger partial charge on any atom is 0.0572 e. The van der Waals surface area contributed by atoms with Gasteiger partial charge in [0.1, 0.15) is 0 Å². The molecule has 0 aromatic carbocycles. The number of hydrogen-bond donors (Lipinski definition) is 1. The van der Waals surface area contributed by atoms with Crippen molar-refractivity contribution in [2.45, 2.75) is 64.5 Å². The first-order chi connectivity index (χ1) is 8.24. The first kappa shape index (κ1) is 12.6. The highest BCUT2D eigenvalue weighted by Gasteiger charge is 2.30. The summed E-state index contributed by atoms with van der Waals surface area (Å²) in [4.78, 5) is 0. The Morgan fingerprint density at radius 1 is 1.41 bits per heavy atom. The van der Waals surface area contributed by atoms with Crippen molar-refractivity contribution in [2.24, 2.45) is 5.92 Å². The van der Waals surface area contributed by atoms with Crippen LogP contribution in [0.2, 0.25) is 0 Å². The van der Waals surface area contributed by atoms with Crippen LogP contribution in [0.15, 0.2) is 12.4 Å². The van der Waals surface area contributed by atoms with Gasteiger partial charge in [-0.1, -0.05) is 20.3 Å². The van der Waals surface area contributed by atoms with E-state index in [9.17, 15) is 5.11 Å². The summed E-state index contributed by atoms with van der Waals surface area (Å²) in [6.07, 6.45) is 10.5. The molecule has 3 atom stereocenters. The van der Waals surface area contributed by atoms with Gasteiger partial charge in [0.05, 0.1) is 18.3 Å². The summed E-state index contributed by atoms with van der Waals surface area (Å²) >= 11 is 0. The van der Waals surface area contributed by atoms with Crippen LogP contribution in [0.5, 0.6) is 0 Å². The minimum atomic E-state index is -0.137. The van der Waals surface area contributed by atoms with Gasteiger partial charge < -0.3 is 5.11 Å². The minimum absolute atomic E-state index is 0.137. The zero-order chi connectivity index (χ0) is 12.3. The fraction of sp³-hybridized carbons (Fsp3) is 0.786. The van der Waals surface area contributed by atoms with Gasteiger partial charge in [-0.05, 0) is 43.6 Å². The summed E-state index contributed by atoms with van der Waals surface area (Å²) < 4.78 is 2.10. The Kier molecular flexibility index (Phi) is 4.21. The quantitative estimate of drug-likeness (QED) is 0.872. The first-order valence-corrected chi connectivity index (χ1v) is 6.95. The standard InChI is InChI=1S/C14H24N2O/c1-3-5-12-6-7-13(17)8-14(12)16-10-11(4-2)9-15-16/h9-10,12-14,17H,3-8H2,1-2H3. The van der Waals surface area contributed by atoms with Crippen molar-refractivity contribution in [3.63, 3.8) is 0 Å². The molecular weight excluding hydrogens is 212 g/mol. The van der Waals surface area contributed by atoms with Crippen LogP contribution in [0, 0.1) is 5.92 Å². The Balaban J connectivity index is 2.13. The lowest BCUT2D eigenvalue weighted by Crippen LogP contribution is -2.30. The van der Waals surface area contributed by atoms with Gasteiger partial charge in [0.2, 0.25) is 0 Å².